The van der Waals surface area contributed by atoms with Crippen LogP contribution in [0.4, 0.5) is 5.69 Å². The molecule has 1 aliphatic rings. The van der Waals surface area contributed by atoms with Crippen molar-refractivity contribution in [2.45, 2.75) is 13.1 Å². The summed E-state index contributed by atoms with van der Waals surface area (Å²) in [4.78, 5) is 23.9. The molecule has 2 aromatic rings. The predicted molar refractivity (Wildman–Crippen MR) is 132 cm³/mol. The van der Waals surface area contributed by atoms with Gasteiger partial charge < -0.3 is 20.0 Å². The van der Waals surface area contributed by atoms with Crippen molar-refractivity contribution in [3.05, 3.63) is 64.7 Å². The zero-order valence-corrected chi connectivity index (χ0v) is 19.9. The molecule has 31 heavy (non-hydrogen) atoms. The Morgan fingerprint density at radius 3 is 2.55 bits per heavy atom. The number of fused-ring (bicyclic) bond motifs is 1. The van der Waals surface area contributed by atoms with Crippen molar-refractivity contribution in [3.8, 4) is 0 Å². The third-order valence-corrected chi connectivity index (χ3v) is 5.80. The summed E-state index contributed by atoms with van der Waals surface area (Å²) in [6.07, 6.45) is -0.840. The quantitative estimate of drug-likeness (QED) is 0.675. The van der Waals surface area contributed by atoms with Gasteiger partial charge in [-0.2, -0.15) is 0 Å². The summed E-state index contributed by atoms with van der Waals surface area (Å²) in [6.45, 7) is 4.40. The third kappa shape index (κ3) is 5.42. The van der Waals surface area contributed by atoms with Crippen LogP contribution in [0.25, 0.3) is 0 Å². The number of thiocarbonyl (C=S) groups is 1. The van der Waals surface area contributed by atoms with Gasteiger partial charge in [-0.1, -0.05) is 41.9 Å². The van der Waals surface area contributed by atoms with Crippen molar-refractivity contribution >= 4 is 46.2 Å². The van der Waals surface area contributed by atoms with E-state index in [4.69, 9.17) is 28.8 Å². The lowest BCUT2D eigenvalue weighted by Crippen LogP contribution is -2.51. The third-order valence-electron chi connectivity index (χ3n) is 5.19. The number of nitrogens with zero attached hydrogens (tertiary/aromatic N) is 4. The molecule has 1 aliphatic heterocycles. The normalized spacial score (nSPS) is 15.9. The first-order valence-electron chi connectivity index (χ1n) is 10.2. The number of benzodiazepines with no additional fused rings is 1. The maximum absolute atomic E-state index is 13.3. The molecule has 0 aromatic heterocycles. The Kier molecular flexibility index (Phi) is 7.64. The van der Waals surface area contributed by atoms with Gasteiger partial charge in [0.05, 0.1) is 11.4 Å². The van der Waals surface area contributed by atoms with Crippen LogP contribution in [0.15, 0.2) is 53.5 Å². The van der Waals surface area contributed by atoms with E-state index < -0.39 is 6.17 Å². The van der Waals surface area contributed by atoms with Crippen LogP contribution in [0.5, 0.6) is 0 Å². The van der Waals surface area contributed by atoms with Crippen molar-refractivity contribution in [2.24, 2.45) is 4.99 Å². The van der Waals surface area contributed by atoms with Gasteiger partial charge in [-0.15, -0.1) is 0 Å². The number of halogens is 1. The predicted octanol–water partition coefficient (Wildman–Crippen LogP) is 3.24. The van der Waals surface area contributed by atoms with E-state index in [1.165, 1.54) is 0 Å². The Morgan fingerprint density at radius 1 is 1.19 bits per heavy atom. The van der Waals surface area contributed by atoms with Gasteiger partial charge in [0.1, 0.15) is 0 Å². The van der Waals surface area contributed by atoms with Gasteiger partial charge in [-0.3, -0.25) is 4.79 Å². The second-order valence-electron chi connectivity index (χ2n) is 7.64. The van der Waals surface area contributed by atoms with Gasteiger partial charge in [0, 0.05) is 42.8 Å². The van der Waals surface area contributed by atoms with E-state index in [2.05, 4.69) is 10.2 Å². The average molecular weight is 458 g/mol. The number of anilines is 1. The Balaban J connectivity index is 2.00. The fraction of sp³-hybridized carbons (Fsp3) is 0.348. The van der Waals surface area contributed by atoms with Crippen molar-refractivity contribution in [1.29, 1.82) is 0 Å². The van der Waals surface area contributed by atoms with Crippen LogP contribution in [0.3, 0.4) is 0 Å². The summed E-state index contributed by atoms with van der Waals surface area (Å²) in [5.74, 6) is -0.180. The van der Waals surface area contributed by atoms with Crippen LogP contribution < -0.4 is 10.2 Å². The second-order valence-corrected chi connectivity index (χ2v) is 8.46. The number of carbonyl (C=O) groups excluding carboxylic acids is 1. The number of carbonyl (C=O) groups is 1. The highest BCUT2D eigenvalue weighted by Gasteiger charge is 2.31. The number of hydrogen-bond acceptors (Lipinski definition) is 4. The Morgan fingerprint density at radius 2 is 1.90 bits per heavy atom. The molecule has 8 heteroatoms. The second kappa shape index (κ2) is 10.2. The maximum atomic E-state index is 13.3. The summed E-state index contributed by atoms with van der Waals surface area (Å²) < 4.78 is 0. The molecule has 1 N–H and O–H groups in total. The minimum Gasteiger partial charge on any atom is -0.348 e. The van der Waals surface area contributed by atoms with Crippen LogP contribution in [0.2, 0.25) is 5.02 Å². The first-order chi connectivity index (χ1) is 14.8. The summed E-state index contributed by atoms with van der Waals surface area (Å²) in [5, 5.41) is 4.29. The van der Waals surface area contributed by atoms with Crippen LogP contribution in [-0.4, -0.2) is 73.5 Å². The monoisotopic (exact) mass is 457 g/mol. The standard InChI is InChI=1S/C23H28ClN5OS/c1-5-29(14-13-27(2)3)23(31)26-21-22(30)28(4)19-12-11-17(24)15-18(19)20(25-21)16-9-7-6-8-10-16/h6-12,15,21H,5,13-14H2,1-4H3,(H,26,31). The van der Waals surface area contributed by atoms with Crippen LogP contribution in [0, 0.1) is 0 Å². The zero-order valence-electron chi connectivity index (χ0n) is 18.3. The minimum absolute atomic E-state index is 0.180. The van der Waals surface area contributed by atoms with Crippen LogP contribution >= 0.6 is 23.8 Å². The van der Waals surface area contributed by atoms with E-state index in [1.54, 1.807) is 18.0 Å². The highest BCUT2D eigenvalue weighted by Crippen LogP contribution is 2.29. The molecule has 0 saturated heterocycles. The molecule has 164 valence electrons. The van der Waals surface area contributed by atoms with E-state index in [0.717, 1.165) is 36.4 Å². The van der Waals surface area contributed by atoms with E-state index in [-0.39, 0.29) is 5.91 Å². The molecule has 0 spiro atoms. The smallest absolute Gasteiger partial charge is 0.272 e. The summed E-state index contributed by atoms with van der Waals surface area (Å²) in [7, 11) is 5.79. The van der Waals surface area contributed by atoms with Gasteiger partial charge in [-0.05, 0) is 51.4 Å². The van der Waals surface area contributed by atoms with Gasteiger partial charge in [0.2, 0.25) is 6.17 Å². The number of hydrogen-bond donors (Lipinski definition) is 1. The molecule has 0 aliphatic carbocycles. The van der Waals surface area contributed by atoms with E-state index in [1.807, 2.05) is 68.4 Å². The van der Waals surface area contributed by atoms with Gasteiger partial charge in [-0.25, -0.2) is 4.99 Å². The first kappa shape index (κ1) is 23.2. The van der Waals surface area contributed by atoms with Crippen molar-refractivity contribution in [3.63, 3.8) is 0 Å². The lowest BCUT2D eigenvalue weighted by molar-refractivity contribution is -0.119. The maximum Gasteiger partial charge on any atom is 0.272 e. The largest absolute Gasteiger partial charge is 0.348 e. The SMILES string of the molecule is CCN(CCN(C)C)C(=S)NC1N=C(c2ccccc2)c2cc(Cl)ccc2N(C)C1=O. The summed E-state index contributed by atoms with van der Waals surface area (Å²) in [6, 6.07) is 15.3. The molecule has 0 radical (unpaired) electrons. The van der Waals surface area contributed by atoms with Crippen molar-refractivity contribution in [1.82, 2.24) is 15.1 Å². The molecule has 1 atom stereocenters. The fourth-order valence-corrected chi connectivity index (χ4v) is 3.90. The Labute approximate surface area is 194 Å². The van der Waals surface area contributed by atoms with Gasteiger partial charge in [0.15, 0.2) is 5.11 Å². The highest BCUT2D eigenvalue weighted by molar-refractivity contribution is 7.80. The molecule has 1 amide bonds. The number of likely N-dealkylation sites (N-methyl/N-ethyl adjacent to an activating group) is 3. The number of amides is 1. The van der Waals surface area contributed by atoms with E-state index in [9.17, 15) is 4.79 Å². The van der Waals surface area contributed by atoms with Crippen LogP contribution in [-0.2, 0) is 4.79 Å². The molecule has 1 unspecified atom stereocenters. The number of nitrogens with one attached hydrogen (secondary N) is 1. The van der Waals surface area contributed by atoms with Gasteiger partial charge in [0.25, 0.3) is 5.91 Å². The first-order valence-corrected chi connectivity index (χ1v) is 11.0. The van der Waals surface area contributed by atoms with Gasteiger partial charge >= 0.3 is 0 Å². The fourth-order valence-electron chi connectivity index (χ4n) is 3.40. The van der Waals surface area contributed by atoms with Crippen LogP contribution in [0.1, 0.15) is 18.1 Å². The Hall–Kier alpha value is -2.48. The molecule has 3 rings (SSSR count). The molecule has 0 saturated carbocycles. The molecule has 1 heterocycles. The number of benzene rings is 2. The number of rotatable bonds is 6. The molecular formula is C23H28ClN5OS. The highest BCUT2D eigenvalue weighted by atomic mass is 35.5. The minimum atomic E-state index is -0.840. The molecule has 6 nitrogen and oxygen atoms in total. The van der Waals surface area contributed by atoms with Crippen molar-refractivity contribution < 1.29 is 4.79 Å². The molecule has 2 aromatic carbocycles. The molecule has 0 bridgehead atoms. The zero-order chi connectivity index (χ0) is 22.5. The Bertz CT molecular complexity index is 979. The molecular weight excluding hydrogens is 430 g/mol. The summed E-state index contributed by atoms with van der Waals surface area (Å²) >= 11 is 11.9. The summed E-state index contributed by atoms with van der Waals surface area (Å²) in [5.41, 5.74) is 3.18. The number of aliphatic imine (C=N–C) groups is 1. The van der Waals surface area contributed by atoms with E-state index in [0.29, 0.717) is 15.8 Å². The topological polar surface area (TPSA) is 51.2 Å². The average Bonchev–Trinajstić information content (AvgIpc) is 2.85. The molecule has 0 fully saturated rings. The van der Waals surface area contributed by atoms with Crippen molar-refractivity contribution in [2.75, 3.05) is 45.7 Å². The lowest BCUT2D eigenvalue weighted by atomic mass is 10.0. The lowest BCUT2D eigenvalue weighted by Gasteiger charge is -2.28. The van der Waals surface area contributed by atoms with E-state index >= 15 is 0 Å².